The first-order valence-corrected chi connectivity index (χ1v) is 14.1. The molecule has 0 amide bonds. The minimum Gasteiger partial charge on any atom is -0.455 e. The van der Waals surface area contributed by atoms with Gasteiger partial charge in [0.25, 0.3) is 0 Å². The molecule has 9 rings (SSSR count). The highest BCUT2D eigenvalue weighted by atomic mass is 16.3. The molecule has 196 valence electrons. The zero-order valence-corrected chi connectivity index (χ0v) is 22.5. The fourth-order valence-corrected chi connectivity index (χ4v) is 6.17. The number of imidazole rings is 1. The van der Waals surface area contributed by atoms with Gasteiger partial charge in [-0.2, -0.15) is 0 Å². The molecule has 0 N–H and O–H groups in total. The summed E-state index contributed by atoms with van der Waals surface area (Å²) < 4.78 is 8.54. The predicted octanol–water partition coefficient (Wildman–Crippen LogP) is 9.94. The second kappa shape index (κ2) is 8.88. The van der Waals surface area contributed by atoms with Gasteiger partial charge in [-0.25, -0.2) is 9.97 Å². The molecule has 4 heterocycles. The second-order valence-corrected chi connectivity index (χ2v) is 10.7. The van der Waals surface area contributed by atoms with E-state index in [9.17, 15) is 0 Å². The summed E-state index contributed by atoms with van der Waals surface area (Å²) in [6.45, 7) is 0. The maximum absolute atomic E-state index is 6.47. The van der Waals surface area contributed by atoms with Gasteiger partial charge >= 0.3 is 0 Å². The minimum absolute atomic E-state index is 0.900. The number of aromatic nitrogens is 3. The van der Waals surface area contributed by atoms with Crippen LogP contribution in [0.25, 0.3) is 82.9 Å². The Hall–Kier alpha value is -5.74. The monoisotopic (exact) mass is 537 g/mol. The van der Waals surface area contributed by atoms with Crippen molar-refractivity contribution in [1.82, 2.24) is 14.4 Å². The first-order valence-electron chi connectivity index (χ1n) is 14.1. The van der Waals surface area contributed by atoms with Crippen molar-refractivity contribution in [2.24, 2.45) is 0 Å². The highest BCUT2D eigenvalue weighted by molar-refractivity contribution is 6.24. The molecule has 42 heavy (non-hydrogen) atoms. The van der Waals surface area contributed by atoms with Crippen LogP contribution >= 0.6 is 0 Å². The van der Waals surface area contributed by atoms with Crippen LogP contribution in [-0.4, -0.2) is 14.4 Å². The van der Waals surface area contributed by atoms with Gasteiger partial charge in [-0.05, 0) is 41.5 Å². The Kier molecular flexibility index (Phi) is 4.87. The van der Waals surface area contributed by atoms with Crippen LogP contribution in [0.4, 0.5) is 0 Å². The third-order valence-electron chi connectivity index (χ3n) is 8.23. The lowest BCUT2D eigenvalue weighted by Gasteiger charge is -2.11. The first-order chi connectivity index (χ1) is 20.8. The molecule has 0 bridgehead atoms. The van der Waals surface area contributed by atoms with E-state index in [1.807, 2.05) is 36.4 Å². The van der Waals surface area contributed by atoms with E-state index < -0.39 is 0 Å². The molecular formula is C38H23N3O. The fraction of sp³-hybridized carbons (Fsp3) is 0. The van der Waals surface area contributed by atoms with Crippen LogP contribution in [0, 0.1) is 0 Å². The Morgan fingerprint density at radius 3 is 2.14 bits per heavy atom. The Balaban J connectivity index is 1.18. The summed E-state index contributed by atoms with van der Waals surface area (Å²) in [5, 5.41) is 5.54. The number of nitrogens with zero attached hydrogens (tertiary/aromatic N) is 3. The van der Waals surface area contributed by atoms with Crippen LogP contribution < -0.4 is 0 Å². The lowest BCUT2D eigenvalue weighted by atomic mass is 9.96. The topological polar surface area (TPSA) is 43.3 Å². The van der Waals surface area contributed by atoms with Crippen LogP contribution in [-0.2, 0) is 0 Å². The van der Waals surface area contributed by atoms with Crippen molar-refractivity contribution in [3.8, 4) is 33.6 Å². The molecule has 0 saturated heterocycles. The van der Waals surface area contributed by atoms with E-state index in [-0.39, 0.29) is 0 Å². The van der Waals surface area contributed by atoms with Crippen molar-refractivity contribution in [3.05, 3.63) is 140 Å². The summed E-state index contributed by atoms with van der Waals surface area (Å²) in [6, 6.07) is 44.2. The van der Waals surface area contributed by atoms with E-state index in [2.05, 4.69) is 108 Å². The fourth-order valence-electron chi connectivity index (χ4n) is 6.17. The Morgan fingerprint density at radius 2 is 1.26 bits per heavy atom. The third kappa shape index (κ3) is 3.49. The molecule has 0 radical (unpaired) electrons. The second-order valence-electron chi connectivity index (χ2n) is 10.7. The zero-order chi connectivity index (χ0) is 27.6. The average molecular weight is 538 g/mol. The van der Waals surface area contributed by atoms with Gasteiger partial charge in [-0.3, -0.25) is 0 Å². The Labute approximate surface area is 241 Å². The Morgan fingerprint density at radius 1 is 0.524 bits per heavy atom. The van der Waals surface area contributed by atoms with Gasteiger partial charge < -0.3 is 8.82 Å². The quantitative estimate of drug-likeness (QED) is 0.211. The molecule has 0 atom stereocenters. The molecule has 0 fully saturated rings. The lowest BCUT2D eigenvalue weighted by Crippen LogP contribution is -1.90. The molecule has 4 aromatic heterocycles. The van der Waals surface area contributed by atoms with Gasteiger partial charge in [-0.1, -0.05) is 97.1 Å². The molecule has 0 aliphatic rings. The number of fused-ring (bicyclic) bond motifs is 8. The van der Waals surface area contributed by atoms with E-state index in [1.54, 1.807) is 0 Å². The summed E-state index contributed by atoms with van der Waals surface area (Å²) in [6.07, 6.45) is 4.15. The van der Waals surface area contributed by atoms with E-state index in [0.717, 1.165) is 82.9 Å². The van der Waals surface area contributed by atoms with Crippen LogP contribution in [0.15, 0.2) is 144 Å². The number of hydrogen-bond acceptors (Lipinski definition) is 3. The number of para-hydroxylation sites is 2. The number of furan rings is 1. The standard InChI is InChI=1S/C38H23N3O/c1-2-8-25(9-3-1)33-23-41-21-20-27(22-35(41)39-33)24-14-16-26(17-15-24)37-31-19-18-29-28-10-5-7-13-34(28)42-38(29)36(31)30-11-4-6-12-32(30)40-37/h1-23H. The van der Waals surface area contributed by atoms with Gasteiger partial charge in [0, 0.05) is 50.5 Å². The van der Waals surface area contributed by atoms with E-state index in [1.165, 1.54) is 0 Å². The van der Waals surface area contributed by atoms with Crippen molar-refractivity contribution >= 4 is 49.3 Å². The van der Waals surface area contributed by atoms with Crippen LogP contribution in [0.5, 0.6) is 0 Å². The van der Waals surface area contributed by atoms with Crippen molar-refractivity contribution in [2.75, 3.05) is 0 Å². The van der Waals surface area contributed by atoms with Gasteiger partial charge in [0.05, 0.1) is 16.9 Å². The maximum Gasteiger partial charge on any atom is 0.144 e. The molecule has 0 unspecified atom stereocenters. The van der Waals surface area contributed by atoms with E-state index in [4.69, 9.17) is 14.4 Å². The van der Waals surface area contributed by atoms with Crippen LogP contribution in [0.1, 0.15) is 0 Å². The predicted molar refractivity (Wildman–Crippen MR) is 172 cm³/mol. The lowest BCUT2D eigenvalue weighted by molar-refractivity contribution is 0.673. The normalized spacial score (nSPS) is 11.8. The zero-order valence-electron chi connectivity index (χ0n) is 22.5. The molecule has 0 spiro atoms. The molecule has 0 aliphatic carbocycles. The molecule has 0 aliphatic heterocycles. The van der Waals surface area contributed by atoms with Gasteiger partial charge in [-0.15, -0.1) is 0 Å². The van der Waals surface area contributed by atoms with Crippen molar-refractivity contribution in [1.29, 1.82) is 0 Å². The van der Waals surface area contributed by atoms with Crippen molar-refractivity contribution in [2.45, 2.75) is 0 Å². The minimum atomic E-state index is 0.900. The summed E-state index contributed by atoms with van der Waals surface area (Å²) >= 11 is 0. The smallest absolute Gasteiger partial charge is 0.144 e. The average Bonchev–Trinajstić information content (AvgIpc) is 3.66. The SMILES string of the molecule is c1ccc(-c2cn3ccc(-c4ccc(-c5nc6ccccc6c6c5ccc5c7ccccc7oc56)cc4)cc3n2)cc1. The van der Waals surface area contributed by atoms with Crippen molar-refractivity contribution in [3.63, 3.8) is 0 Å². The van der Waals surface area contributed by atoms with Crippen LogP contribution in [0.3, 0.4) is 0 Å². The summed E-state index contributed by atoms with van der Waals surface area (Å²) in [5.74, 6) is 0. The van der Waals surface area contributed by atoms with Gasteiger partial charge in [0.1, 0.15) is 16.8 Å². The summed E-state index contributed by atoms with van der Waals surface area (Å²) in [5.41, 5.74) is 10.0. The highest BCUT2D eigenvalue weighted by Gasteiger charge is 2.17. The largest absolute Gasteiger partial charge is 0.455 e. The summed E-state index contributed by atoms with van der Waals surface area (Å²) in [4.78, 5) is 10.0. The van der Waals surface area contributed by atoms with E-state index in [0.29, 0.717) is 0 Å². The van der Waals surface area contributed by atoms with Crippen molar-refractivity contribution < 1.29 is 4.42 Å². The number of rotatable bonds is 3. The van der Waals surface area contributed by atoms with Gasteiger partial charge in [0.15, 0.2) is 0 Å². The Bertz CT molecular complexity index is 2450. The number of hydrogen-bond donors (Lipinski definition) is 0. The first kappa shape index (κ1) is 23.0. The van der Waals surface area contributed by atoms with Gasteiger partial charge in [0.2, 0.25) is 0 Å². The number of benzene rings is 5. The van der Waals surface area contributed by atoms with E-state index >= 15 is 0 Å². The third-order valence-corrected chi connectivity index (χ3v) is 8.23. The maximum atomic E-state index is 6.47. The molecule has 0 saturated carbocycles. The molecular weight excluding hydrogens is 514 g/mol. The summed E-state index contributed by atoms with van der Waals surface area (Å²) in [7, 11) is 0. The molecule has 4 nitrogen and oxygen atoms in total. The molecule has 9 aromatic rings. The van der Waals surface area contributed by atoms with Crippen LogP contribution in [0.2, 0.25) is 0 Å². The molecule has 5 aromatic carbocycles. The molecule has 4 heteroatoms. The highest BCUT2D eigenvalue weighted by Crippen LogP contribution is 2.40. The number of pyridine rings is 2.